The van der Waals surface area contributed by atoms with E-state index in [0.717, 1.165) is 16.6 Å². The maximum absolute atomic E-state index is 13.8. The maximum Gasteiger partial charge on any atom is 0.271 e. The molecule has 0 saturated heterocycles. The molecule has 13 heteroatoms. The predicted octanol–water partition coefficient (Wildman–Crippen LogP) is 4.70. The zero-order chi connectivity index (χ0) is 28.8. The number of nitrogens with zero attached hydrogens (tertiary/aromatic N) is 3. The second-order valence-electron chi connectivity index (χ2n) is 8.96. The minimum Gasteiger partial charge on any atom is -0.352 e. The van der Waals surface area contributed by atoms with Gasteiger partial charge in [-0.05, 0) is 44.4 Å². The molecule has 0 aliphatic rings. The number of carbonyl (C=O) groups excluding carboxylic acids is 2. The first-order chi connectivity index (χ1) is 17.7. The number of hydrogen-bond donors (Lipinski definition) is 1. The van der Waals surface area contributed by atoms with Crippen LogP contribution in [0.4, 0.5) is 11.4 Å². The lowest BCUT2D eigenvalue weighted by molar-refractivity contribution is -0.384. The average molecular weight is 588 g/mol. The monoisotopic (exact) mass is 586 g/mol. The van der Waals surface area contributed by atoms with Crippen LogP contribution >= 0.6 is 23.2 Å². The Hall–Kier alpha value is -2.89. The number of hydrogen-bond acceptors (Lipinski definition) is 6. The summed E-state index contributed by atoms with van der Waals surface area (Å²) >= 11 is 12.7. The average Bonchev–Trinajstić information content (AvgIpc) is 2.83. The number of benzene rings is 2. The summed E-state index contributed by atoms with van der Waals surface area (Å²) in [6, 6.07) is 7.48. The van der Waals surface area contributed by atoms with Crippen LogP contribution in [-0.2, 0) is 26.2 Å². The second kappa shape index (κ2) is 13.3. The Labute approximate surface area is 233 Å². The predicted molar refractivity (Wildman–Crippen MR) is 149 cm³/mol. The molecule has 2 aromatic rings. The van der Waals surface area contributed by atoms with Crippen LogP contribution in [0.1, 0.15) is 44.7 Å². The van der Waals surface area contributed by atoms with Crippen molar-refractivity contribution in [2.75, 3.05) is 17.1 Å². The maximum atomic E-state index is 13.8. The summed E-state index contributed by atoms with van der Waals surface area (Å²) in [5.74, 6) is -1.11. The van der Waals surface area contributed by atoms with Gasteiger partial charge in [0.15, 0.2) is 0 Å². The number of sulfonamides is 1. The molecule has 0 saturated carbocycles. The molecule has 38 heavy (non-hydrogen) atoms. The molecule has 0 unspecified atom stereocenters. The molecule has 2 atom stereocenters. The molecule has 10 nitrogen and oxygen atoms in total. The number of halogens is 2. The van der Waals surface area contributed by atoms with E-state index in [4.69, 9.17) is 23.2 Å². The number of rotatable bonds is 12. The lowest BCUT2D eigenvalue weighted by Crippen LogP contribution is -2.53. The zero-order valence-electron chi connectivity index (χ0n) is 21.9. The molecule has 0 aliphatic carbocycles. The number of nitro groups is 1. The highest BCUT2D eigenvalue weighted by molar-refractivity contribution is 7.92. The Balaban J connectivity index is 2.59. The van der Waals surface area contributed by atoms with Crippen molar-refractivity contribution in [3.63, 3.8) is 0 Å². The van der Waals surface area contributed by atoms with Crippen molar-refractivity contribution in [3.8, 4) is 0 Å². The molecule has 0 spiro atoms. The quantitative estimate of drug-likeness (QED) is 0.283. The van der Waals surface area contributed by atoms with Gasteiger partial charge in [-0.25, -0.2) is 8.42 Å². The van der Waals surface area contributed by atoms with Gasteiger partial charge in [0.05, 0.1) is 16.9 Å². The van der Waals surface area contributed by atoms with Gasteiger partial charge in [0.1, 0.15) is 12.6 Å². The Kier molecular flexibility index (Phi) is 10.9. The number of non-ortho nitro benzene ring substituents is 1. The Morgan fingerprint density at radius 1 is 1.11 bits per heavy atom. The summed E-state index contributed by atoms with van der Waals surface area (Å²) in [5.41, 5.74) is 0.473. The van der Waals surface area contributed by atoms with Crippen molar-refractivity contribution in [1.82, 2.24) is 10.2 Å². The number of nitro benzene ring substituents is 1. The summed E-state index contributed by atoms with van der Waals surface area (Å²) in [4.78, 5) is 38.9. The lowest BCUT2D eigenvalue weighted by atomic mass is 10.1. The normalized spacial score (nSPS) is 12.9. The van der Waals surface area contributed by atoms with E-state index >= 15 is 0 Å². The Morgan fingerprint density at radius 3 is 2.21 bits per heavy atom. The van der Waals surface area contributed by atoms with Crippen LogP contribution in [-0.4, -0.2) is 54.9 Å². The molecular formula is C25H32Cl2N4O6S. The number of nitrogens with one attached hydrogen (secondary N) is 1. The van der Waals surface area contributed by atoms with Gasteiger partial charge >= 0.3 is 0 Å². The first kappa shape index (κ1) is 31.3. The topological polar surface area (TPSA) is 130 Å². The molecule has 1 N–H and O–H groups in total. The fourth-order valence-electron chi connectivity index (χ4n) is 3.79. The number of amides is 2. The van der Waals surface area contributed by atoms with Crippen molar-refractivity contribution in [2.24, 2.45) is 0 Å². The molecule has 0 bridgehead atoms. The molecule has 0 aromatic heterocycles. The molecular weight excluding hydrogens is 555 g/mol. The Morgan fingerprint density at radius 2 is 1.71 bits per heavy atom. The smallest absolute Gasteiger partial charge is 0.271 e. The first-order valence-corrected chi connectivity index (χ1v) is 14.6. The van der Waals surface area contributed by atoms with E-state index in [-0.39, 0.29) is 40.4 Å². The van der Waals surface area contributed by atoms with Gasteiger partial charge in [0.2, 0.25) is 21.8 Å². The van der Waals surface area contributed by atoms with E-state index in [2.05, 4.69) is 5.32 Å². The molecule has 0 heterocycles. The molecule has 208 valence electrons. The largest absolute Gasteiger partial charge is 0.352 e. The van der Waals surface area contributed by atoms with Gasteiger partial charge in [0.25, 0.3) is 5.69 Å². The lowest BCUT2D eigenvalue weighted by Gasteiger charge is -2.34. The molecule has 2 rings (SSSR count). The SMILES string of the molecule is CC[C@H](C(=O)N[C@@H](C)CC)N(Cc1c(Cl)cccc1Cl)C(=O)CN(c1cc([N+](=O)[O-])ccc1C)S(C)(=O)=O. The molecule has 0 aliphatic heterocycles. The highest BCUT2D eigenvalue weighted by Crippen LogP contribution is 2.30. The van der Waals surface area contributed by atoms with E-state index < -0.39 is 39.3 Å². The van der Waals surface area contributed by atoms with E-state index in [1.165, 1.54) is 17.0 Å². The van der Waals surface area contributed by atoms with Gasteiger partial charge in [0, 0.05) is 40.3 Å². The highest BCUT2D eigenvalue weighted by Gasteiger charge is 2.33. The van der Waals surface area contributed by atoms with Crippen LogP contribution in [0.3, 0.4) is 0 Å². The van der Waals surface area contributed by atoms with Crippen LogP contribution in [0.25, 0.3) is 0 Å². The zero-order valence-corrected chi connectivity index (χ0v) is 24.2. The van der Waals surface area contributed by atoms with Crippen LogP contribution < -0.4 is 9.62 Å². The number of aryl methyl sites for hydroxylation is 1. The van der Waals surface area contributed by atoms with Crippen LogP contribution in [0.5, 0.6) is 0 Å². The van der Waals surface area contributed by atoms with Gasteiger partial charge < -0.3 is 10.2 Å². The summed E-state index contributed by atoms with van der Waals surface area (Å²) in [6.45, 7) is 6.19. The third kappa shape index (κ3) is 7.81. The van der Waals surface area contributed by atoms with Crippen molar-refractivity contribution in [3.05, 3.63) is 67.7 Å². The summed E-state index contributed by atoms with van der Waals surface area (Å²) in [5, 5.41) is 14.8. The molecule has 2 amide bonds. The third-order valence-corrected chi connectivity index (χ3v) is 7.96. The van der Waals surface area contributed by atoms with Crippen molar-refractivity contribution in [1.29, 1.82) is 0 Å². The summed E-state index contributed by atoms with van der Waals surface area (Å²) in [6.07, 6.45) is 1.80. The molecule has 0 radical (unpaired) electrons. The van der Waals surface area contributed by atoms with Crippen molar-refractivity contribution >= 4 is 56.4 Å². The van der Waals surface area contributed by atoms with Gasteiger partial charge in [-0.3, -0.25) is 24.0 Å². The second-order valence-corrected chi connectivity index (χ2v) is 11.7. The fourth-order valence-corrected chi connectivity index (χ4v) is 5.21. The summed E-state index contributed by atoms with van der Waals surface area (Å²) in [7, 11) is -4.07. The van der Waals surface area contributed by atoms with Crippen LogP contribution in [0, 0.1) is 17.0 Å². The first-order valence-electron chi connectivity index (χ1n) is 12.0. The fraction of sp³-hybridized carbons (Fsp3) is 0.440. The summed E-state index contributed by atoms with van der Waals surface area (Å²) < 4.78 is 26.4. The third-order valence-electron chi connectivity index (χ3n) is 6.13. The number of anilines is 1. The molecule has 0 fully saturated rings. The van der Waals surface area contributed by atoms with E-state index in [1.54, 1.807) is 32.0 Å². The van der Waals surface area contributed by atoms with E-state index in [0.29, 0.717) is 17.5 Å². The van der Waals surface area contributed by atoms with Crippen molar-refractivity contribution in [2.45, 2.75) is 59.2 Å². The minimum absolute atomic E-state index is 0.0112. The van der Waals surface area contributed by atoms with Gasteiger partial charge in [-0.2, -0.15) is 0 Å². The number of carbonyl (C=O) groups is 2. The van der Waals surface area contributed by atoms with Crippen molar-refractivity contribution < 1.29 is 22.9 Å². The molecule has 2 aromatic carbocycles. The standard InChI is InChI=1S/C25H32Cl2N4O6S/c1-6-17(4)28-25(33)22(7-2)29(14-19-20(26)9-8-10-21(19)27)24(32)15-30(38(5,36)37)23-13-18(31(34)35)12-11-16(23)3/h8-13,17,22H,6-7,14-15H2,1-5H3,(H,28,33)/t17-,22+/m0/s1. The van der Waals surface area contributed by atoms with Crippen LogP contribution in [0.15, 0.2) is 36.4 Å². The van der Waals surface area contributed by atoms with Crippen LogP contribution in [0.2, 0.25) is 10.0 Å². The minimum atomic E-state index is -4.07. The van der Waals surface area contributed by atoms with Gasteiger partial charge in [-0.1, -0.05) is 49.2 Å². The van der Waals surface area contributed by atoms with Gasteiger partial charge in [-0.15, -0.1) is 0 Å². The Bertz CT molecular complexity index is 1280. The van der Waals surface area contributed by atoms with E-state index in [9.17, 15) is 28.1 Å². The van der Waals surface area contributed by atoms with E-state index in [1.807, 2.05) is 13.8 Å². The highest BCUT2D eigenvalue weighted by atomic mass is 35.5.